The molecule has 0 unspecified atom stereocenters. The smallest absolute Gasteiger partial charge is 0.173 e. The highest BCUT2D eigenvalue weighted by Crippen LogP contribution is 2.35. The van der Waals surface area contributed by atoms with Crippen LogP contribution in [0.3, 0.4) is 0 Å². The van der Waals surface area contributed by atoms with Crippen LogP contribution in [0.25, 0.3) is 10.2 Å². The van der Waals surface area contributed by atoms with Crippen molar-refractivity contribution in [2.24, 2.45) is 0 Å². The number of thioether (sulfide) groups is 1. The third kappa shape index (κ3) is 3.52. The first kappa shape index (κ1) is 17.8. The van der Waals surface area contributed by atoms with Crippen molar-refractivity contribution in [2.75, 3.05) is 12.9 Å². The zero-order valence-corrected chi connectivity index (χ0v) is 16.0. The molecule has 25 heavy (non-hydrogen) atoms. The van der Waals surface area contributed by atoms with Crippen molar-refractivity contribution in [3.8, 4) is 5.75 Å². The van der Waals surface area contributed by atoms with Gasteiger partial charge in [0.2, 0.25) is 0 Å². The van der Waals surface area contributed by atoms with Crippen LogP contribution in [0, 0.1) is 26.6 Å². The SMILES string of the molecule is COc1ccc(C(=O)CSc2nc(C)nc3sc(C)c(C)c23)cc1F. The lowest BCUT2D eigenvalue weighted by Gasteiger charge is -2.06. The van der Waals surface area contributed by atoms with Gasteiger partial charge < -0.3 is 4.74 Å². The Morgan fingerprint density at radius 3 is 2.72 bits per heavy atom. The Labute approximate surface area is 153 Å². The first-order chi connectivity index (χ1) is 11.9. The molecule has 2 heterocycles. The number of carbonyl (C=O) groups is 1. The molecule has 0 fully saturated rings. The largest absolute Gasteiger partial charge is 0.494 e. The van der Waals surface area contributed by atoms with Gasteiger partial charge in [0.25, 0.3) is 0 Å². The predicted octanol–water partition coefficient (Wildman–Crippen LogP) is 4.74. The molecular weight excluding hydrogens is 359 g/mol. The Morgan fingerprint density at radius 1 is 1.28 bits per heavy atom. The lowest BCUT2D eigenvalue weighted by Crippen LogP contribution is -2.04. The van der Waals surface area contributed by atoms with Crippen molar-refractivity contribution >= 4 is 39.1 Å². The van der Waals surface area contributed by atoms with E-state index in [4.69, 9.17) is 4.74 Å². The Kier molecular flexibility index (Phi) is 5.06. The fourth-order valence-corrected chi connectivity index (χ4v) is 4.64. The van der Waals surface area contributed by atoms with Crippen LogP contribution < -0.4 is 4.74 Å². The number of benzene rings is 1. The zero-order valence-electron chi connectivity index (χ0n) is 14.3. The molecule has 0 amide bonds. The molecule has 130 valence electrons. The number of rotatable bonds is 5. The lowest BCUT2D eigenvalue weighted by atomic mass is 10.1. The Morgan fingerprint density at radius 2 is 2.04 bits per heavy atom. The molecule has 0 bridgehead atoms. The molecule has 0 N–H and O–H groups in total. The number of thiophene rings is 1. The molecule has 4 nitrogen and oxygen atoms in total. The van der Waals surface area contributed by atoms with E-state index in [1.165, 1.54) is 35.9 Å². The number of nitrogens with zero attached hydrogens (tertiary/aromatic N) is 2. The number of fused-ring (bicyclic) bond motifs is 1. The Hall–Kier alpha value is -1.99. The maximum Gasteiger partial charge on any atom is 0.173 e. The molecule has 3 rings (SSSR count). The minimum Gasteiger partial charge on any atom is -0.494 e. The summed E-state index contributed by atoms with van der Waals surface area (Å²) in [5, 5.41) is 1.80. The van der Waals surface area contributed by atoms with Gasteiger partial charge in [0, 0.05) is 15.8 Å². The van der Waals surface area contributed by atoms with E-state index in [1.54, 1.807) is 17.4 Å². The summed E-state index contributed by atoms with van der Waals surface area (Å²) in [4.78, 5) is 23.5. The van der Waals surface area contributed by atoms with E-state index in [-0.39, 0.29) is 17.3 Å². The van der Waals surface area contributed by atoms with Crippen molar-refractivity contribution < 1.29 is 13.9 Å². The second-order valence-electron chi connectivity index (χ2n) is 5.60. The molecule has 1 aromatic carbocycles. The molecule has 0 atom stereocenters. The maximum atomic E-state index is 13.8. The zero-order chi connectivity index (χ0) is 18.1. The van der Waals surface area contributed by atoms with Crippen LogP contribution in [0.4, 0.5) is 4.39 Å². The van der Waals surface area contributed by atoms with Gasteiger partial charge in [-0.3, -0.25) is 4.79 Å². The number of Topliss-reactive ketones (excluding diaryl/α,β-unsaturated/α-hetero) is 1. The van der Waals surface area contributed by atoms with E-state index in [9.17, 15) is 9.18 Å². The van der Waals surface area contributed by atoms with Crippen molar-refractivity contribution in [2.45, 2.75) is 25.8 Å². The molecule has 2 aromatic heterocycles. The molecule has 0 aliphatic heterocycles. The van der Waals surface area contributed by atoms with Gasteiger partial charge in [-0.25, -0.2) is 14.4 Å². The van der Waals surface area contributed by atoms with Crippen LogP contribution in [0.5, 0.6) is 5.75 Å². The van der Waals surface area contributed by atoms with Crippen molar-refractivity contribution in [1.29, 1.82) is 0 Å². The number of hydrogen-bond donors (Lipinski definition) is 0. The highest BCUT2D eigenvalue weighted by Gasteiger charge is 2.16. The maximum absolute atomic E-state index is 13.8. The fraction of sp³-hybridized carbons (Fsp3) is 0.278. The molecule has 3 aromatic rings. The van der Waals surface area contributed by atoms with Gasteiger partial charge in [0.1, 0.15) is 15.7 Å². The van der Waals surface area contributed by atoms with Gasteiger partial charge in [0.15, 0.2) is 17.3 Å². The molecular formula is C18H17FN2O2S2. The summed E-state index contributed by atoms with van der Waals surface area (Å²) < 4.78 is 18.7. The van der Waals surface area contributed by atoms with Crippen LogP contribution in [0.2, 0.25) is 0 Å². The normalized spacial score (nSPS) is 11.1. The third-order valence-corrected chi connectivity index (χ3v) is 6.00. The number of methoxy groups -OCH3 is 1. The minimum atomic E-state index is -0.539. The van der Waals surface area contributed by atoms with Gasteiger partial charge in [-0.1, -0.05) is 11.8 Å². The second-order valence-corrected chi connectivity index (χ2v) is 7.77. The highest BCUT2D eigenvalue weighted by molar-refractivity contribution is 8.00. The predicted molar refractivity (Wildman–Crippen MR) is 99.6 cm³/mol. The van der Waals surface area contributed by atoms with Gasteiger partial charge in [-0.05, 0) is 44.5 Å². The number of halogens is 1. The number of ether oxygens (including phenoxy) is 1. The topological polar surface area (TPSA) is 52.1 Å². The van der Waals surface area contributed by atoms with E-state index in [1.807, 2.05) is 13.8 Å². The van der Waals surface area contributed by atoms with Gasteiger partial charge in [-0.2, -0.15) is 0 Å². The minimum absolute atomic E-state index is 0.127. The van der Waals surface area contributed by atoms with E-state index in [0.717, 1.165) is 20.8 Å². The molecule has 0 saturated carbocycles. The third-order valence-electron chi connectivity index (χ3n) is 3.92. The van der Waals surface area contributed by atoms with E-state index >= 15 is 0 Å². The van der Waals surface area contributed by atoms with Gasteiger partial charge in [-0.15, -0.1) is 11.3 Å². The molecule has 0 aliphatic rings. The average Bonchev–Trinajstić information content (AvgIpc) is 2.86. The lowest BCUT2D eigenvalue weighted by molar-refractivity contribution is 0.102. The van der Waals surface area contributed by atoms with Gasteiger partial charge in [0.05, 0.1) is 12.9 Å². The first-order valence-electron chi connectivity index (χ1n) is 7.64. The number of hydrogen-bond acceptors (Lipinski definition) is 6. The molecule has 0 spiro atoms. The molecule has 7 heteroatoms. The average molecular weight is 376 g/mol. The van der Waals surface area contributed by atoms with Crippen LogP contribution in [0.15, 0.2) is 23.2 Å². The summed E-state index contributed by atoms with van der Waals surface area (Å²) in [5.74, 6) is 0.301. The van der Waals surface area contributed by atoms with Crippen molar-refractivity contribution in [1.82, 2.24) is 9.97 Å². The summed E-state index contributed by atoms with van der Waals surface area (Å²) in [6.07, 6.45) is 0. The standard InChI is InChI=1S/C18H17FN2O2S2/c1-9-10(2)25-18-16(9)17(20-11(3)21-18)24-8-14(22)12-5-6-15(23-4)13(19)7-12/h5-7H,8H2,1-4H3. The Bertz CT molecular complexity index is 969. The summed E-state index contributed by atoms with van der Waals surface area (Å²) in [7, 11) is 1.39. The van der Waals surface area contributed by atoms with E-state index < -0.39 is 5.82 Å². The van der Waals surface area contributed by atoms with Crippen LogP contribution >= 0.6 is 23.1 Å². The second kappa shape index (κ2) is 7.09. The molecule has 0 saturated heterocycles. The molecule has 0 aliphatic carbocycles. The number of aryl methyl sites for hydroxylation is 3. The Balaban J connectivity index is 1.85. The van der Waals surface area contributed by atoms with Crippen LogP contribution in [0.1, 0.15) is 26.6 Å². The highest BCUT2D eigenvalue weighted by atomic mass is 32.2. The first-order valence-corrected chi connectivity index (χ1v) is 9.44. The fourth-order valence-electron chi connectivity index (χ4n) is 2.48. The van der Waals surface area contributed by atoms with Crippen LogP contribution in [-0.4, -0.2) is 28.6 Å². The molecule has 0 radical (unpaired) electrons. The summed E-state index contributed by atoms with van der Waals surface area (Å²) >= 11 is 2.99. The summed E-state index contributed by atoms with van der Waals surface area (Å²) in [5.41, 5.74) is 1.47. The van der Waals surface area contributed by atoms with Crippen molar-refractivity contribution in [3.63, 3.8) is 0 Å². The van der Waals surface area contributed by atoms with Crippen LogP contribution in [-0.2, 0) is 0 Å². The quantitative estimate of drug-likeness (QED) is 0.366. The van der Waals surface area contributed by atoms with Gasteiger partial charge >= 0.3 is 0 Å². The van der Waals surface area contributed by atoms with Crippen molar-refractivity contribution in [3.05, 3.63) is 45.8 Å². The monoisotopic (exact) mass is 376 g/mol. The summed E-state index contributed by atoms with van der Waals surface area (Å²) in [6, 6.07) is 4.25. The number of carbonyl (C=O) groups excluding carboxylic acids is 1. The van der Waals surface area contributed by atoms with E-state index in [2.05, 4.69) is 16.9 Å². The van der Waals surface area contributed by atoms with E-state index in [0.29, 0.717) is 11.4 Å². The number of ketones is 1. The summed E-state index contributed by atoms with van der Waals surface area (Å²) in [6.45, 7) is 5.93. The number of aromatic nitrogens is 2.